The maximum atomic E-state index is 12.8. The zero-order valence-electron chi connectivity index (χ0n) is 14.1. The Morgan fingerprint density at radius 2 is 1.50 bits per heavy atom. The highest BCUT2D eigenvalue weighted by Crippen LogP contribution is 2.29. The maximum Gasteiger partial charge on any atom is 0.261 e. The van der Waals surface area contributed by atoms with Gasteiger partial charge in [0.15, 0.2) is 5.60 Å². The summed E-state index contributed by atoms with van der Waals surface area (Å²) in [7, 11) is 0. The molecule has 0 heterocycles. The Labute approximate surface area is 143 Å². The highest BCUT2D eigenvalue weighted by molar-refractivity contribution is 5.90. The van der Waals surface area contributed by atoms with Gasteiger partial charge in [0.2, 0.25) is 0 Å². The summed E-state index contributed by atoms with van der Waals surface area (Å²) in [6, 6.07) is 17.7. The van der Waals surface area contributed by atoms with Crippen molar-refractivity contribution >= 4 is 5.91 Å². The summed E-state index contributed by atoms with van der Waals surface area (Å²) in [5.74, 6) is -0.464. The van der Waals surface area contributed by atoms with Gasteiger partial charge in [0, 0.05) is 6.54 Å². The van der Waals surface area contributed by atoms with Crippen molar-refractivity contribution in [2.24, 2.45) is 5.92 Å². The first kappa shape index (κ1) is 18.2. The summed E-state index contributed by atoms with van der Waals surface area (Å²) >= 11 is 0. The van der Waals surface area contributed by atoms with E-state index >= 15 is 0 Å². The van der Waals surface area contributed by atoms with Gasteiger partial charge in [0.05, 0.1) is 6.10 Å². The van der Waals surface area contributed by atoms with E-state index in [1.807, 2.05) is 26.0 Å². The molecule has 2 unspecified atom stereocenters. The van der Waals surface area contributed by atoms with E-state index in [1.54, 1.807) is 48.5 Å². The second-order valence-electron chi connectivity index (χ2n) is 6.11. The molecule has 128 valence electrons. The van der Waals surface area contributed by atoms with E-state index in [0.717, 1.165) is 6.42 Å². The van der Waals surface area contributed by atoms with E-state index in [1.165, 1.54) is 0 Å². The highest BCUT2D eigenvalue weighted by atomic mass is 16.3. The first-order chi connectivity index (χ1) is 11.5. The van der Waals surface area contributed by atoms with E-state index in [4.69, 9.17) is 0 Å². The highest BCUT2D eigenvalue weighted by Gasteiger charge is 2.39. The van der Waals surface area contributed by atoms with Crippen molar-refractivity contribution in [2.45, 2.75) is 32.0 Å². The van der Waals surface area contributed by atoms with Gasteiger partial charge in [-0.15, -0.1) is 0 Å². The van der Waals surface area contributed by atoms with Gasteiger partial charge in [0.25, 0.3) is 5.91 Å². The lowest BCUT2D eigenvalue weighted by molar-refractivity contribution is -0.137. The molecule has 0 aliphatic carbocycles. The summed E-state index contributed by atoms with van der Waals surface area (Å²) in [6.45, 7) is 4.02. The quantitative estimate of drug-likeness (QED) is 0.731. The molecule has 2 atom stereocenters. The minimum Gasteiger partial charge on any atom is -0.391 e. The number of hydrogen-bond acceptors (Lipinski definition) is 3. The number of rotatable bonds is 7. The molecule has 2 aromatic carbocycles. The summed E-state index contributed by atoms with van der Waals surface area (Å²) in [4.78, 5) is 12.8. The van der Waals surface area contributed by atoms with E-state index < -0.39 is 17.6 Å². The molecule has 4 nitrogen and oxygen atoms in total. The van der Waals surface area contributed by atoms with Crippen molar-refractivity contribution < 1.29 is 15.0 Å². The van der Waals surface area contributed by atoms with Crippen LogP contribution in [-0.4, -0.2) is 28.8 Å². The monoisotopic (exact) mass is 327 g/mol. The summed E-state index contributed by atoms with van der Waals surface area (Å²) in [5.41, 5.74) is -0.809. The number of aliphatic hydroxyl groups is 2. The van der Waals surface area contributed by atoms with Crippen molar-refractivity contribution in [3.05, 3.63) is 71.8 Å². The van der Waals surface area contributed by atoms with Gasteiger partial charge in [-0.25, -0.2) is 0 Å². The van der Waals surface area contributed by atoms with Crippen LogP contribution in [0.3, 0.4) is 0 Å². The predicted molar refractivity (Wildman–Crippen MR) is 94.4 cm³/mol. The topological polar surface area (TPSA) is 69.6 Å². The molecule has 2 aromatic rings. The van der Waals surface area contributed by atoms with Crippen LogP contribution in [0, 0.1) is 5.92 Å². The summed E-state index contributed by atoms with van der Waals surface area (Å²) in [6.07, 6.45) is 0.174. The lowest BCUT2D eigenvalue weighted by Gasteiger charge is -2.29. The Bertz CT molecular complexity index is 603. The van der Waals surface area contributed by atoms with Gasteiger partial charge in [-0.3, -0.25) is 4.79 Å². The van der Waals surface area contributed by atoms with Crippen molar-refractivity contribution in [3.8, 4) is 0 Å². The molecule has 2 rings (SSSR count). The van der Waals surface area contributed by atoms with Crippen molar-refractivity contribution in [2.75, 3.05) is 6.54 Å². The number of nitrogens with one attached hydrogen (secondary N) is 1. The normalized spacial score (nSPS) is 14.0. The van der Waals surface area contributed by atoms with Gasteiger partial charge in [-0.05, 0) is 17.0 Å². The number of hydrogen-bond donors (Lipinski definition) is 3. The largest absolute Gasteiger partial charge is 0.391 e. The number of carbonyl (C=O) groups excluding carboxylic acids is 1. The Morgan fingerprint density at radius 1 is 1.04 bits per heavy atom. The van der Waals surface area contributed by atoms with Gasteiger partial charge in [-0.2, -0.15) is 0 Å². The summed E-state index contributed by atoms with van der Waals surface area (Å²) in [5, 5.41) is 24.0. The van der Waals surface area contributed by atoms with E-state index in [9.17, 15) is 15.0 Å². The van der Waals surface area contributed by atoms with Crippen LogP contribution in [0.2, 0.25) is 0 Å². The Hall–Kier alpha value is -2.17. The van der Waals surface area contributed by atoms with Crippen molar-refractivity contribution in [3.63, 3.8) is 0 Å². The summed E-state index contributed by atoms with van der Waals surface area (Å²) < 4.78 is 0. The van der Waals surface area contributed by atoms with Crippen LogP contribution in [0.4, 0.5) is 0 Å². The molecule has 24 heavy (non-hydrogen) atoms. The van der Waals surface area contributed by atoms with E-state index in [2.05, 4.69) is 5.32 Å². The minimum absolute atomic E-state index is 0.0758. The number of amides is 1. The molecule has 0 aromatic heterocycles. The van der Waals surface area contributed by atoms with Gasteiger partial charge in [-0.1, -0.05) is 80.9 Å². The van der Waals surface area contributed by atoms with Gasteiger partial charge in [0.1, 0.15) is 0 Å². The number of carbonyl (C=O) groups is 1. The van der Waals surface area contributed by atoms with Crippen molar-refractivity contribution in [1.29, 1.82) is 0 Å². The first-order valence-electron chi connectivity index (χ1n) is 8.30. The average Bonchev–Trinajstić information content (AvgIpc) is 2.65. The first-order valence-corrected chi connectivity index (χ1v) is 8.30. The fraction of sp³-hybridized carbons (Fsp3) is 0.350. The van der Waals surface area contributed by atoms with Crippen LogP contribution in [0.1, 0.15) is 31.4 Å². The Balaban J connectivity index is 2.29. The molecule has 0 aliphatic rings. The lowest BCUT2D eigenvalue weighted by atomic mass is 9.85. The van der Waals surface area contributed by atoms with E-state index in [-0.39, 0.29) is 12.5 Å². The third-order valence-electron chi connectivity index (χ3n) is 4.48. The van der Waals surface area contributed by atoms with Gasteiger partial charge < -0.3 is 15.5 Å². The zero-order chi connectivity index (χ0) is 17.6. The molecule has 4 heteroatoms. The maximum absolute atomic E-state index is 12.8. The number of benzene rings is 2. The molecule has 3 N–H and O–H groups in total. The van der Waals surface area contributed by atoms with Crippen molar-refractivity contribution in [1.82, 2.24) is 5.32 Å². The molecule has 1 amide bonds. The number of aliphatic hydroxyl groups excluding tert-OH is 1. The molecular formula is C20H25NO3. The molecule has 0 saturated heterocycles. The standard InChI is InChI=1S/C20H25NO3/c1-3-15(2)18(22)14-21-19(23)20(24,16-10-6-4-7-11-16)17-12-8-5-9-13-17/h4-13,15,18,22,24H,3,14H2,1-2H3,(H,21,23). The lowest BCUT2D eigenvalue weighted by Crippen LogP contribution is -2.48. The van der Waals surface area contributed by atoms with Crippen LogP contribution in [0.15, 0.2) is 60.7 Å². The van der Waals surface area contributed by atoms with Gasteiger partial charge >= 0.3 is 0 Å². The molecule has 0 radical (unpaired) electrons. The fourth-order valence-corrected chi connectivity index (χ4v) is 2.59. The second kappa shape index (κ2) is 8.08. The average molecular weight is 327 g/mol. The third-order valence-corrected chi connectivity index (χ3v) is 4.48. The molecule has 0 fully saturated rings. The van der Waals surface area contributed by atoms with Crippen LogP contribution < -0.4 is 5.32 Å². The molecule has 0 aliphatic heterocycles. The Morgan fingerprint density at radius 3 is 1.92 bits per heavy atom. The SMILES string of the molecule is CCC(C)C(O)CNC(=O)C(O)(c1ccccc1)c1ccccc1. The zero-order valence-corrected chi connectivity index (χ0v) is 14.1. The van der Waals surface area contributed by atoms with Crippen LogP contribution in [-0.2, 0) is 10.4 Å². The minimum atomic E-state index is -1.79. The van der Waals surface area contributed by atoms with E-state index in [0.29, 0.717) is 11.1 Å². The smallest absolute Gasteiger partial charge is 0.261 e. The molecule has 0 spiro atoms. The van der Waals surface area contributed by atoms with Crippen LogP contribution in [0.25, 0.3) is 0 Å². The third kappa shape index (κ3) is 3.83. The Kier molecular flexibility index (Phi) is 6.12. The van der Waals surface area contributed by atoms with Crippen LogP contribution in [0.5, 0.6) is 0 Å². The van der Waals surface area contributed by atoms with Crippen LogP contribution >= 0.6 is 0 Å². The predicted octanol–water partition coefficient (Wildman–Crippen LogP) is 2.45. The second-order valence-corrected chi connectivity index (χ2v) is 6.11. The molecular weight excluding hydrogens is 302 g/mol. The fourth-order valence-electron chi connectivity index (χ4n) is 2.59. The molecule has 0 bridgehead atoms. The molecule has 0 saturated carbocycles.